The Hall–Kier alpha value is -0.590. The van der Waals surface area contributed by atoms with E-state index in [0.717, 1.165) is 0 Å². The van der Waals surface area contributed by atoms with E-state index in [2.05, 4.69) is 27.7 Å². The van der Waals surface area contributed by atoms with Crippen LogP contribution in [0.4, 0.5) is 0 Å². The summed E-state index contributed by atoms with van der Waals surface area (Å²) < 4.78 is 0. The monoisotopic (exact) mass is 192 g/mol. The minimum atomic E-state index is 0.232. The highest BCUT2D eigenvalue weighted by Gasteiger charge is 2.60. The van der Waals surface area contributed by atoms with Crippen LogP contribution in [-0.2, 0) is 4.79 Å². The smallest absolute Gasteiger partial charge is 0.159 e. The molecule has 0 amide bonds. The molecule has 2 bridgehead atoms. The van der Waals surface area contributed by atoms with Gasteiger partial charge in [0.2, 0.25) is 0 Å². The molecule has 0 N–H and O–H groups in total. The van der Waals surface area contributed by atoms with Gasteiger partial charge in [-0.25, -0.2) is 0 Å². The molecule has 14 heavy (non-hydrogen) atoms. The van der Waals surface area contributed by atoms with Crippen LogP contribution >= 0.6 is 0 Å². The Morgan fingerprint density at radius 1 is 1.36 bits per heavy atom. The van der Waals surface area contributed by atoms with Gasteiger partial charge in [0.05, 0.1) is 0 Å². The molecule has 3 aliphatic carbocycles. The molecule has 0 radical (unpaired) electrons. The van der Waals surface area contributed by atoms with Gasteiger partial charge in [0.1, 0.15) is 0 Å². The summed E-state index contributed by atoms with van der Waals surface area (Å²) in [6.07, 6.45) is 4.30. The first-order valence-corrected chi connectivity index (χ1v) is 5.72. The molecule has 0 aliphatic heterocycles. The molecule has 1 nitrogen and oxygen atoms in total. The Morgan fingerprint density at radius 3 is 2.43 bits per heavy atom. The third kappa shape index (κ3) is 1.04. The van der Waals surface area contributed by atoms with E-state index >= 15 is 0 Å². The maximum absolute atomic E-state index is 11.9. The molecule has 0 aromatic carbocycles. The summed E-state index contributed by atoms with van der Waals surface area (Å²) in [5.41, 5.74) is 1.55. The minimum absolute atomic E-state index is 0.232. The zero-order valence-electron chi connectivity index (χ0n) is 9.63. The Bertz CT molecular complexity index is 298. The highest BCUT2D eigenvalue weighted by molar-refractivity contribution is 5.96. The van der Waals surface area contributed by atoms with Crippen LogP contribution < -0.4 is 0 Å². The van der Waals surface area contributed by atoms with Crippen molar-refractivity contribution in [3.8, 4) is 0 Å². The Morgan fingerprint density at radius 2 is 2.00 bits per heavy atom. The normalized spacial score (nSPS) is 39.0. The Kier molecular flexibility index (Phi) is 2.09. The SMILES string of the molecule is CCCC1C2C(=O)C=C(C)C1C2(C)C. The van der Waals surface area contributed by atoms with Crippen molar-refractivity contribution in [3.63, 3.8) is 0 Å². The average molecular weight is 192 g/mol. The van der Waals surface area contributed by atoms with E-state index in [1.54, 1.807) is 0 Å². The zero-order chi connectivity index (χ0) is 10.5. The highest BCUT2D eigenvalue weighted by Crippen LogP contribution is 2.62. The maximum Gasteiger partial charge on any atom is 0.159 e. The van der Waals surface area contributed by atoms with Crippen molar-refractivity contribution >= 4 is 5.78 Å². The van der Waals surface area contributed by atoms with Gasteiger partial charge >= 0.3 is 0 Å². The first kappa shape index (κ1) is 9.95. The predicted octanol–water partition coefficient (Wildman–Crippen LogP) is 3.20. The lowest BCUT2D eigenvalue weighted by Gasteiger charge is -2.61. The van der Waals surface area contributed by atoms with Gasteiger partial charge in [0.15, 0.2) is 5.78 Å². The van der Waals surface area contributed by atoms with Crippen LogP contribution in [0.5, 0.6) is 0 Å². The van der Waals surface area contributed by atoms with Crippen LogP contribution in [0.25, 0.3) is 0 Å². The molecule has 1 heteroatoms. The summed E-state index contributed by atoms with van der Waals surface area (Å²) in [4.78, 5) is 11.9. The van der Waals surface area contributed by atoms with Gasteiger partial charge in [0, 0.05) is 5.92 Å². The quantitative estimate of drug-likeness (QED) is 0.656. The van der Waals surface area contributed by atoms with Crippen LogP contribution in [-0.4, -0.2) is 5.78 Å². The molecule has 1 saturated carbocycles. The number of fused-ring (bicyclic) bond motifs is 1. The second-order valence-electron chi connectivity index (χ2n) is 5.52. The summed E-state index contributed by atoms with van der Waals surface area (Å²) in [5, 5.41) is 0. The van der Waals surface area contributed by atoms with E-state index in [1.165, 1.54) is 18.4 Å². The van der Waals surface area contributed by atoms with Gasteiger partial charge in [-0.15, -0.1) is 0 Å². The van der Waals surface area contributed by atoms with E-state index in [-0.39, 0.29) is 5.41 Å². The van der Waals surface area contributed by atoms with Gasteiger partial charge in [-0.05, 0) is 36.7 Å². The Labute approximate surface area is 86.6 Å². The molecule has 78 valence electrons. The van der Waals surface area contributed by atoms with E-state index in [9.17, 15) is 4.79 Å². The molecule has 0 aromatic rings. The fraction of sp³-hybridized carbons (Fsp3) is 0.769. The topological polar surface area (TPSA) is 17.1 Å². The van der Waals surface area contributed by atoms with E-state index in [0.29, 0.717) is 23.5 Å². The van der Waals surface area contributed by atoms with Crippen LogP contribution in [0.3, 0.4) is 0 Å². The number of carbonyl (C=O) groups is 1. The number of carbonyl (C=O) groups excluding carboxylic acids is 1. The van der Waals surface area contributed by atoms with Crippen molar-refractivity contribution in [1.29, 1.82) is 0 Å². The van der Waals surface area contributed by atoms with Crippen molar-refractivity contribution in [1.82, 2.24) is 0 Å². The summed E-state index contributed by atoms with van der Waals surface area (Å²) in [7, 11) is 0. The zero-order valence-corrected chi connectivity index (χ0v) is 9.63. The number of allylic oxidation sites excluding steroid dienone is 2. The Balaban J connectivity index is 2.31. The van der Waals surface area contributed by atoms with E-state index in [1.807, 2.05) is 6.08 Å². The molecular weight excluding hydrogens is 172 g/mol. The van der Waals surface area contributed by atoms with Crippen LogP contribution in [0.15, 0.2) is 11.6 Å². The fourth-order valence-corrected chi connectivity index (χ4v) is 3.94. The van der Waals surface area contributed by atoms with Crippen LogP contribution in [0.1, 0.15) is 40.5 Å². The molecule has 0 heterocycles. The lowest BCUT2D eigenvalue weighted by Crippen LogP contribution is -2.59. The molecule has 0 saturated heterocycles. The van der Waals surface area contributed by atoms with Gasteiger partial charge in [-0.2, -0.15) is 0 Å². The molecule has 0 spiro atoms. The van der Waals surface area contributed by atoms with E-state index in [4.69, 9.17) is 0 Å². The largest absolute Gasteiger partial charge is 0.295 e. The van der Waals surface area contributed by atoms with Crippen LogP contribution in [0.2, 0.25) is 0 Å². The molecule has 3 unspecified atom stereocenters. The summed E-state index contributed by atoms with van der Waals surface area (Å²) in [6, 6.07) is 0. The standard InChI is InChI=1S/C13H20O/c1-5-6-9-11-8(2)7-10(14)12(9)13(11,3)4/h7,9,11-12H,5-6H2,1-4H3. The number of ketones is 1. The van der Waals surface area contributed by atoms with Crippen LogP contribution in [0, 0.1) is 23.2 Å². The molecule has 3 aliphatic rings. The number of hydrogen-bond acceptors (Lipinski definition) is 1. The van der Waals surface area contributed by atoms with Crippen molar-refractivity contribution in [2.45, 2.75) is 40.5 Å². The summed E-state index contributed by atoms with van der Waals surface area (Å²) >= 11 is 0. The first-order chi connectivity index (χ1) is 6.50. The van der Waals surface area contributed by atoms with Gasteiger partial charge < -0.3 is 0 Å². The third-order valence-electron chi connectivity index (χ3n) is 4.25. The van der Waals surface area contributed by atoms with Crippen molar-refractivity contribution in [3.05, 3.63) is 11.6 Å². The maximum atomic E-state index is 11.9. The van der Waals surface area contributed by atoms with E-state index < -0.39 is 0 Å². The predicted molar refractivity (Wildman–Crippen MR) is 57.9 cm³/mol. The van der Waals surface area contributed by atoms with Gasteiger partial charge in [-0.3, -0.25) is 4.79 Å². The fourth-order valence-electron chi connectivity index (χ4n) is 3.94. The first-order valence-electron chi connectivity index (χ1n) is 5.72. The molecular formula is C13H20O. The second-order valence-corrected chi connectivity index (χ2v) is 5.52. The van der Waals surface area contributed by atoms with Crippen molar-refractivity contribution in [2.75, 3.05) is 0 Å². The lowest BCUT2D eigenvalue weighted by atomic mass is 9.42. The molecule has 1 fully saturated rings. The van der Waals surface area contributed by atoms with Gasteiger partial charge in [0.25, 0.3) is 0 Å². The number of hydrogen-bond donors (Lipinski definition) is 0. The van der Waals surface area contributed by atoms with Crippen molar-refractivity contribution < 1.29 is 4.79 Å². The average Bonchev–Trinajstić information content (AvgIpc) is 2.00. The van der Waals surface area contributed by atoms with Crippen molar-refractivity contribution in [2.24, 2.45) is 23.2 Å². The minimum Gasteiger partial charge on any atom is -0.295 e. The molecule has 0 aromatic heterocycles. The number of rotatable bonds is 2. The summed E-state index contributed by atoms with van der Waals surface area (Å²) in [5.74, 6) is 2.02. The molecule has 3 atom stereocenters. The van der Waals surface area contributed by atoms with Gasteiger partial charge in [-0.1, -0.05) is 32.8 Å². The molecule has 3 rings (SSSR count). The highest BCUT2D eigenvalue weighted by atomic mass is 16.1. The second kappa shape index (κ2) is 2.95. The summed E-state index contributed by atoms with van der Waals surface area (Å²) in [6.45, 7) is 8.85. The lowest BCUT2D eigenvalue weighted by molar-refractivity contribution is -0.148. The third-order valence-corrected chi connectivity index (χ3v) is 4.25.